The summed E-state index contributed by atoms with van der Waals surface area (Å²) >= 11 is 6.05. The van der Waals surface area contributed by atoms with Crippen molar-refractivity contribution >= 4 is 17.4 Å². The maximum atomic E-state index is 13.9. The first-order valence-corrected chi connectivity index (χ1v) is 13.8. The number of aliphatic hydroxyl groups excluding tert-OH is 1. The first-order valence-electron chi connectivity index (χ1n) is 13.4. The van der Waals surface area contributed by atoms with Gasteiger partial charge in [0.2, 0.25) is 0 Å². The summed E-state index contributed by atoms with van der Waals surface area (Å²) in [4.78, 5) is 20.2. The number of hydrogen-bond donors (Lipinski definition) is 3. The molecule has 0 saturated carbocycles. The number of pyridine rings is 1. The molecule has 1 aliphatic rings. The van der Waals surface area contributed by atoms with E-state index in [0.29, 0.717) is 39.8 Å². The van der Waals surface area contributed by atoms with Gasteiger partial charge in [-0.25, -0.2) is 9.37 Å². The van der Waals surface area contributed by atoms with Crippen molar-refractivity contribution in [2.75, 3.05) is 60.2 Å². The van der Waals surface area contributed by atoms with E-state index in [1.807, 2.05) is 0 Å². The minimum atomic E-state index is -1.48. The molecule has 0 amide bonds. The quantitative estimate of drug-likeness (QED) is 0.258. The van der Waals surface area contributed by atoms with Crippen molar-refractivity contribution < 1.29 is 33.6 Å². The third-order valence-electron chi connectivity index (χ3n) is 7.04. The molecule has 2 heterocycles. The highest BCUT2D eigenvalue weighted by molar-refractivity contribution is 6.31. The third-order valence-corrected chi connectivity index (χ3v) is 7.33. The summed E-state index contributed by atoms with van der Waals surface area (Å²) in [6.45, 7) is 3.26. The molecule has 1 aliphatic heterocycles. The highest BCUT2D eigenvalue weighted by Gasteiger charge is 2.35. The molecule has 2 aromatic carbocycles. The van der Waals surface area contributed by atoms with Crippen LogP contribution in [0.25, 0.3) is 11.3 Å². The maximum absolute atomic E-state index is 13.9. The molecule has 3 aromatic rings. The fourth-order valence-electron chi connectivity index (χ4n) is 4.83. The van der Waals surface area contributed by atoms with E-state index >= 15 is 0 Å². The summed E-state index contributed by atoms with van der Waals surface area (Å²) in [6, 6.07) is 12.5. The number of Topliss-reactive ketones (excluding diaryl/α,β-unsaturated/α-hetero) is 1. The number of hydrogen-bond acceptors (Lipinski definition) is 9. The minimum Gasteiger partial charge on any atom is -0.494 e. The molecule has 0 aliphatic carbocycles. The van der Waals surface area contributed by atoms with Gasteiger partial charge in [-0.2, -0.15) is 0 Å². The largest absolute Gasteiger partial charge is 0.494 e. The van der Waals surface area contributed by atoms with Gasteiger partial charge in [0.05, 0.1) is 31.5 Å². The Morgan fingerprint density at radius 2 is 1.80 bits per heavy atom. The lowest BCUT2D eigenvalue weighted by Crippen LogP contribution is -2.50. The predicted molar refractivity (Wildman–Crippen MR) is 154 cm³/mol. The van der Waals surface area contributed by atoms with E-state index < -0.39 is 11.4 Å². The Hall–Kier alpha value is -3.28. The van der Waals surface area contributed by atoms with Crippen LogP contribution in [0.4, 0.5) is 4.39 Å². The average Bonchev–Trinajstić information content (AvgIpc) is 3.00. The Kier molecular flexibility index (Phi) is 10.5. The summed E-state index contributed by atoms with van der Waals surface area (Å²) in [7, 11) is 2.98. The van der Waals surface area contributed by atoms with Gasteiger partial charge in [-0.15, -0.1) is 0 Å². The van der Waals surface area contributed by atoms with Crippen molar-refractivity contribution in [3.8, 4) is 28.5 Å². The van der Waals surface area contributed by atoms with Crippen molar-refractivity contribution in [3.63, 3.8) is 0 Å². The van der Waals surface area contributed by atoms with Gasteiger partial charge < -0.3 is 29.7 Å². The Morgan fingerprint density at radius 1 is 1.07 bits per heavy atom. The molecule has 0 bridgehead atoms. The van der Waals surface area contributed by atoms with E-state index in [1.165, 1.54) is 26.4 Å². The number of nitrogens with one attached hydrogen (secondary N) is 1. The number of methoxy groups -OCH3 is 2. The van der Waals surface area contributed by atoms with Gasteiger partial charge in [0, 0.05) is 50.3 Å². The number of carbonyl (C=O) groups excluding carboxylic acids is 1. The highest BCUT2D eigenvalue weighted by Crippen LogP contribution is 2.36. The molecule has 0 radical (unpaired) electrons. The molecule has 1 atom stereocenters. The third kappa shape index (κ3) is 7.52. The lowest BCUT2D eigenvalue weighted by Gasteiger charge is -2.36. The number of aliphatic hydroxyl groups is 2. The average molecular weight is 588 g/mol. The van der Waals surface area contributed by atoms with Gasteiger partial charge in [-0.3, -0.25) is 9.69 Å². The molecule has 3 N–H and O–H groups in total. The van der Waals surface area contributed by atoms with Gasteiger partial charge in [-0.05, 0) is 55.0 Å². The van der Waals surface area contributed by atoms with Crippen LogP contribution in [-0.2, 0) is 5.60 Å². The first kappa shape index (κ1) is 30.7. The molecule has 9 nitrogen and oxygen atoms in total. The van der Waals surface area contributed by atoms with Crippen LogP contribution in [0.1, 0.15) is 28.9 Å². The zero-order valence-electron chi connectivity index (χ0n) is 23.2. The van der Waals surface area contributed by atoms with Crippen LogP contribution in [0.15, 0.2) is 48.5 Å². The number of β-amino-alcohol motifs (C(OH)–C–C–N with tert-alkyl or cyclic N) is 1. The van der Waals surface area contributed by atoms with Gasteiger partial charge >= 0.3 is 0 Å². The van der Waals surface area contributed by atoms with Gasteiger partial charge in [-0.1, -0.05) is 11.6 Å². The topological polar surface area (TPSA) is 113 Å². The predicted octanol–water partition coefficient (Wildman–Crippen LogP) is 3.69. The number of nitrogens with zero attached hydrogens (tertiary/aromatic N) is 2. The molecular weight excluding hydrogens is 553 g/mol. The summed E-state index contributed by atoms with van der Waals surface area (Å²) in [5.74, 6) is 0.496. The van der Waals surface area contributed by atoms with Crippen LogP contribution < -0.4 is 19.5 Å². The summed E-state index contributed by atoms with van der Waals surface area (Å²) in [5.41, 5.74) is 0.232. The molecular formula is C30H35ClFN3O6. The lowest BCUT2D eigenvalue weighted by molar-refractivity contribution is -0.0154. The molecule has 1 unspecified atom stereocenters. The number of aromatic nitrogens is 1. The van der Waals surface area contributed by atoms with Crippen molar-refractivity contribution in [2.24, 2.45) is 0 Å². The Morgan fingerprint density at radius 3 is 2.49 bits per heavy atom. The zero-order chi connectivity index (χ0) is 29.4. The molecule has 1 saturated heterocycles. The second-order valence-corrected chi connectivity index (χ2v) is 10.2. The van der Waals surface area contributed by atoms with E-state index in [0.717, 1.165) is 26.2 Å². The van der Waals surface area contributed by atoms with Crippen molar-refractivity contribution in [3.05, 3.63) is 70.6 Å². The fourth-order valence-corrected chi connectivity index (χ4v) is 5.01. The number of ketones is 1. The second kappa shape index (κ2) is 14.1. The summed E-state index contributed by atoms with van der Waals surface area (Å²) < 4.78 is 30.2. The number of carbonyl (C=O) groups is 1. The first-order chi connectivity index (χ1) is 19.8. The van der Waals surface area contributed by atoms with Crippen LogP contribution in [0.3, 0.4) is 0 Å². The zero-order valence-corrected chi connectivity index (χ0v) is 23.9. The van der Waals surface area contributed by atoms with E-state index in [-0.39, 0.29) is 43.4 Å². The van der Waals surface area contributed by atoms with Crippen LogP contribution in [0, 0.1) is 5.82 Å². The van der Waals surface area contributed by atoms with Gasteiger partial charge in [0.15, 0.2) is 17.3 Å². The Labute approximate surface area is 243 Å². The molecule has 41 heavy (non-hydrogen) atoms. The molecule has 11 heteroatoms. The monoisotopic (exact) mass is 587 g/mol. The smallest absolute Gasteiger partial charge is 0.163 e. The standard InChI is InChI=1S/C30H35ClFN3O6/c1-39-26-7-8-28(34-29(26)21-3-5-23(32)22(31)17-21)30(38,19-35-13-11-33-12-14-35)10-9-24(37)20-4-6-25(41-16-15-36)27(18-20)40-2/h3-8,17-18,33,36,38H,9-16,19H2,1-2H3. The summed E-state index contributed by atoms with van der Waals surface area (Å²) in [5, 5.41) is 24.4. The molecule has 220 valence electrons. The SMILES string of the molecule is COc1cc(C(=O)CCC(O)(CN2CCNCC2)c2ccc(OC)c(-c3ccc(F)c(Cl)c3)n2)ccc1OCCO. The highest BCUT2D eigenvalue weighted by atomic mass is 35.5. The molecule has 1 aromatic heterocycles. The minimum absolute atomic E-state index is 0.0357. The van der Waals surface area contributed by atoms with Gasteiger partial charge in [0.25, 0.3) is 0 Å². The van der Waals surface area contributed by atoms with Crippen LogP contribution in [0.2, 0.25) is 5.02 Å². The summed E-state index contributed by atoms with van der Waals surface area (Å²) in [6.07, 6.45) is 0.137. The lowest BCUT2D eigenvalue weighted by atomic mass is 9.89. The molecule has 0 spiro atoms. The van der Waals surface area contributed by atoms with Crippen LogP contribution >= 0.6 is 11.6 Å². The van der Waals surface area contributed by atoms with E-state index in [1.54, 1.807) is 36.4 Å². The number of benzene rings is 2. The van der Waals surface area contributed by atoms with Crippen molar-refractivity contribution in [2.45, 2.75) is 18.4 Å². The molecule has 1 fully saturated rings. The fraction of sp³-hybridized carbons (Fsp3) is 0.400. The normalized spacial score (nSPS) is 15.3. The van der Waals surface area contributed by atoms with Gasteiger partial charge in [0.1, 0.15) is 29.5 Å². The van der Waals surface area contributed by atoms with Crippen molar-refractivity contribution in [1.29, 1.82) is 0 Å². The Balaban J connectivity index is 1.64. The van der Waals surface area contributed by atoms with Crippen LogP contribution in [0.5, 0.6) is 17.2 Å². The number of ether oxygens (including phenoxy) is 3. The number of halogens is 2. The maximum Gasteiger partial charge on any atom is 0.163 e. The van der Waals surface area contributed by atoms with Crippen LogP contribution in [-0.4, -0.2) is 86.0 Å². The van der Waals surface area contributed by atoms with Crippen molar-refractivity contribution in [1.82, 2.24) is 15.2 Å². The second-order valence-electron chi connectivity index (χ2n) is 9.79. The Bertz CT molecular complexity index is 1350. The number of piperazine rings is 1. The number of rotatable bonds is 13. The van der Waals surface area contributed by atoms with E-state index in [4.69, 9.17) is 35.9 Å². The van der Waals surface area contributed by atoms with E-state index in [9.17, 15) is 14.3 Å². The van der Waals surface area contributed by atoms with E-state index in [2.05, 4.69) is 10.2 Å². The molecule has 4 rings (SSSR count).